The molecule has 282 valence electrons. The van der Waals surface area contributed by atoms with Crippen LogP contribution < -0.4 is 15.4 Å². The smallest absolute Gasteiger partial charge is 0.407 e. The lowest BCUT2D eigenvalue weighted by atomic mass is 9.98. The molecule has 2 N–H and O–H groups in total. The molecule has 0 bridgehead atoms. The summed E-state index contributed by atoms with van der Waals surface area (Å²) in [5.74, 6) is -15.5. The van der Waals surface area contributed by atoms with Gasteiger partial charge in [-0.2, -0.15) is 8.78 Å². The molecule has 0 fully saturated rings. The van der Waals surface area contributed by atoms with Crippen LogP contribution in [0.5, 0.6) is 5.75 Å². The van der Waals surface area contributed by atoms with Crippen LogP contribution in [-0.2, 0) is 14.3 Å². The molecule has 0 saturated heterocycles. The average Bonchev–Trinajstić information content (AvgIpc) is 3.71. The molecule has 5 aromatic rings. The van der Waals surface area contributed by atoms with E-state index in [1.54, 1.807) is 0 Å². The molecule has 55 heavy (non-hydrogen) atoms. The molecule has 0 unspecified atom stereocenters. The molecule has 13 heteroatoms. The summed E-state index contributed by atoms with van der Waals surface area (Å²) in [5, 5.41) is 4.93. The highest BCUT2D eigenvalue weighted by Gasteiger charge is 2.33. The number of carbonyl (C=O) groups excluding carboxylic acids is 3. The molecule has 0 saturated carbocycles. The van der Waals surface area contributed by atoms with E-state index in [0.29, 0.717) is 0 Å². The van der Waals surface area contributed by atoms with Crippen LogP contribution in [0.3, 0.4) is 0 Å². The Morgan fingerprint density at radius 1 is 0.545 bits per heavy atom. The number of alkyl carbamates (subject to hydrolysis) is 2. The van der Waals surface area contributed by atoms with E-state index in [1.165, 1.54) is 0 Å². The van der Waals surface area contributed by atoms with Gasteiger partial charge in [0.1, 0.15) is 19.3 Å². The van der Waals surface area contributed by atoms with Gasteiger partial charge in [-0.1, -0.05) is 97.1 Å². The molecule has 0 radical (unpaired) electrons. The average molecular weight is 757 g/mol. The number of carbonyl (C=O) groups is 3. The maximum atomic E-state index is 14.4. The number of halogens is 5. The molecular weight excluding hydrogens is 723 g/mol. The normalized spacial score (nSPS) is 13.3. The number of benzene rings is 5. The topological polar surface area (TPSA) is 103 Å². The monoisotopic (exact) mass is 756 g/mol. The minimum atomic E-state index is -2.42. The SMILES string of the molecule is O=C(NCCCC[C@@H](NC(=O)OCC1c2ccccc2-c2ccccc21)C(=O)Oc1c(F)c(F)c(F)c(F)c1F)OCC1c2ccccc2-c2ccccc21. The first-order valence-electron chi connectivity index (χ1n) is 17.6. The van der Waals surface area contributed by atoms with Crippen LogP contribution in [0.15, 0.2) is 97.1 Å². The Bertz CT molecular complexity index is 2160. The summed E-state index contributed by atoms with van der Waals surface area (Å²) in [6.45, 7) is 0.0415. The number of ether oxygens (including phenoxy) is 3. The minimum Gasteiger partial charge on any atom is -0.449 e. The number of unbranched alkanes of at least 4 members (excludes halogenated alkanes) is 1. The summed E-state index contributed by atoms with van der Waals surface area (Å²) in [7, 11) is 0. The third-order valence-corrected chi connectivity index (χ3v) is 9.83. The van der Waals surface area contributed by atoms with Gasteiger partial charge in [-0.25, -0.2) is 27.6 Å². The van der Waals surface area contributed by atoms with Gasteiger partial charge < -0.3 is 24.8 Å². The first-order valence-corrected chi connectivity index (χ1v) is 17.6. The van der Waals surface area contributed by atoms with E-state index in [9.17, 15) is 36.3 Å². The first kappa shape index (κ1) is 37.1. The maximum absolute atomic E-state index is 14.4. The van der Waals surface area contributed by atoms with E-state index in [1.807, 2.05) is 97.1 Å². The summed E-state index contributed by atoms with van der Waals surface area (Å²) < 4.78 is 85.8. The number of hydrogen-bond donors (Lipinski definition) is 2. The third-order valence-electron chi connectivity index (χ3n) is 9.83. The summed E-state index contributed by atoms with van der Waals surface area (Å²) in [4.78, 5) is 38.8. The Morgan fingerprint density at radius 2 is 0.945 bits per heavy atom. The highest BCUT2D eigenvalue weighted by molar-refractivity contribution is 5.83. The zero-order chi connectivity index (χ0) is 38.6. The lowest BCUT2D eigenvalue weighted by Crippen LogP contribution is -2.44. The van der Waals surface area contributed by atoms with Crippen LogP contribution in [0.25, 0.3) is 22.3 Å². The summed E-state index contributed by atoms with van der Waals surface area (Å²) in [6, 6.07) is 29.3. The van der Waals surface area contributed by atoms with Gasteiger partial charge >= 0.3 is 18.2 Å². The number of amides is 2. The number of fused-ring (bicyclic) bond motifs is 6. The fraction of sp³-hybridized carbons (Fsp3) is 0.214. The predicted molar refractivity (Wildman–Crippen MR) is 191 cm³/mol. The van der Waals surface area contributed by atoms with Gasteiger partial charge in [-0.05, 0) is 63.8 Å². The standard InChI is InChI=1S/C42H33F5N2O6/c43-34-35(44)37(46)39(38(47)36(34)45)55-40(50)33(49-42(52)54-22-32-29-17-7-3-13-25(29)26-14-4-8-18-30(26)32)19-9-10-20-48-41(51)53-21-31-27-15-5-1-11-23(27)24-12-2-6-16-28(24)31/h1-8,11-18,31-33H,9-10,19-22H2,(H,48,51)(H,49,52)/t33-/m1/s1. The van der Waals surface area contributed by atoms with Crippen molar-refractivity contribution in [2.75, 3.05) is 19.8 Å². The van der Waals surface area contributed by atoms with Gasteiger partial charge in [0.05, 0.1) is 0 Å². The van der Waals surface area contributed by atoms with E-state index in [0.717, 1.165) is 44.5 Å². The number of esters is 1. The molecule has 2 amide bonds. The van der Waals surface area contributed by atoms with Crippen molar-refractivity contribution in [2.24, 2.45) is 0 Å². The van der Waals surface area contributed by atoms with Crippen LogP contribution >= 0.6 is 0 Å². The van der Waals surface area contributed by atoms with Crippen LogP contribution in [0.2, 0.25) is 0 Å². The van der Waals surface area contributed by atoms with Crippen molar-refractivity contribution in [2.45, 2.75) is 37.1 Å². The zero-order valence-electron chi connectivity index (χ0n) is 29.1. The number of hydrogen-bond acceptors (Lipinski definition) is 6. The number of nitrogens with one attached hydrogen (secondary N) is 2. The van der Waals surface area contributed by atoms with Crippen molar-refractivity contribution >= 4 is 18.2 Å². The highest BCUT2D eigenvalue weighted by atomic mass is 19.2. The summed E-state index contributed by atoms with van der Waals surface area (Å²) in [5.41, 5.74) is 8.03. The minimum absolute atomic E-state index is 0.0844. The molecule has 2 aliphatic rings. The van der Waals surface area contributed by atoms with Gasteiger partial charge in [-0.3, -0.25) is 0 Å². The van der Waals surface area contributed by atoms with E-state index >= 15 is 0 Å². The summed E-state index contributed by atoms with van der Waals surface area (Å²) >= 11 is 0. The maximum Gasteiger partial charge on any atom is 0.407 e. The van der Waals surface area contributed by atoms with Crippen LogP contribution in [0, 0.1) is 29.1 Å². The van der Waals surface area contributed by atoms with Gasteiger partial charge in [0.15, 0.2) is 0 Å². The van der Waals surface area contributed by atoms with Crippen LogP contribution in [-0.4, -0.2) is 44.0 Å². The molecule has 5 aromatic carbocycles. The fourth-order valence-electron chi connectivity index (χ4n) is 7.19. The Balaban J connectivity index is 0.963. The molecule has 7 rings (SSSR count). The second kappa shape index (κ2) is 16.0. The van der Waals surface area contributed by atoms with Crippen LogP contribution in [0.1, 0.15) is 53.4 Å². The van der Waals surface area contributed by atoms with E-state index in [4.69, 9.17) is 9.47 Å². The van der Waals surface area contributed by atoms with Gasteiger partial charge in [-0.15, -0.1) is 0 Å². The summed E-state index contributed by atoms with van der Waals surface area (Å²) in [6.07, 6.45) is -1.61. The van der Waals surface area contributed by atoms with Crippen molar-refractivity contribution in [1.82, 2.24) is 10.6 Å². The van der Waals surface area contributed by atoms with Crippen molar-refractivity contribution in [3.05, 3.63) is 148 Å². The van der Waals surface area contributed by atoms with E-state index in [-0.39, 0.29) is 50.9 Å². The van der Waals surface area contributed by atoms with Crippen molar-refractivity contribution in [1.29, 1.82) is 0 Å². The molecule has 8 nitrogen and oxygen atoms in total. The molecule has 0 spiro atoms. The Kier molecular flexibility index (Phi) is 10.8. The van der Waals surface area contributed by atoms with Gasteiger partial charge in [0, 0.05) is 18.4 Å². The Morgan fingerprint density at radius 3 is 1.40 bits per heavy atom. The highest BCUT2D eigenvalue weighted by Crippen LogP contribution is 2.45. The Labute approximate surface area is 312 Å². The van der Waals surface area contributed by atoms with Crippen molar-refractivity contribution in [3.8, 4) is 28.0 Å². The predicted octanol–water partition coefficient (Wildman–Crippen LogP) is 8.90. The Hall–Kier alpha value is -6.24. The van der Waals surface area contributed by atoms with Crippen molar-refractivity contribution < 1.29 is 50.5 Å². The molecule has 0 heterocycles. The lowest BCUT2D eigenvalue weighted by molar-refractivity contribution is -0.137. The lowest BCUT2D eigenvalue weighted by Gasteiger charge is -2.20. The van der Waals surface area contributed by atoms with Crippen molar-refractivity contribution in [3.63, 3.8) is 0 Å². The molecule has 0 aliphatic heterocycles. The second-order valence-corrected chi connectivity index (χ2v) is 13.1. The van der Waals surface area contributed by atoms with E-state index in [2.05, 4.69) is 15.4 Å². The molecular formula is C42H33F5N2O6. The first-order chi connectivity index (χ1) is 26.6. The van der Waals surface area contributed by atoms with Crippen LogP contribution in [0.4, 0.5) is 31.5 Å². The van der Waals surface area contributed by atoms with Gasteiger partial charge in [0.25, 0.3) is 0 Å². The zero-order valence-corrected chi connectivity index (χ0v) is 29.1. The number of rotatable bonds is 12. The molecule has 0 aromatic heterocycles. The molecule has 2 aliphatic carbocycles. The fourth-order valence-corrected chi connectivity index (χ4v) is 7.19. The third kappa shape index (κ3) is 7.46. The quantitative estimate of drug-likeness (QED) is 0.0329. The van der Waals surface area contributed by atoms with Gasteiger partial charge in [0.2, 0.25) is 34.8 Å². The molecule has 1 atom stereocenters. The largest absolute Gasteiger partial charge is 0.449 e. The second-order valence-electron chi connectivity index (χ2n) is 13.1. The van der Waals surface area contributed by atoms with E-state index < -0.39 is 59.0 Å².